The van der Waals surface area contributed by atoms with E-state index in [1.807, 2.05) is 6.92 Å². The number of hydrogen-bond acceptors (Lipinski definition) is 2. The van der Waals surface area contributed by atoms with Gasteiger partial charge in [0.05, 0.1) is 19.6 Å². The quantitative estimate of drug-likeness (QED) is 0.467. The molecule has 3 aliphatic rings. The molecule has 0 N–H and O–H groups in total. The van der Waals surface area contributed by atoms with Crippen LogP contribution in [0.25, 0.3) is 0 Å². The van der Waals surface area contributed by atoms with E-state index in [4.69, 9.17) is 4.74 Å². The van der Waals surface area contributed by atoms with E-state index in [-0.39, 0.29) is 18.4 Å². The maximum absolute atomic E-state index is 11.3. The third-order valence-corrected chi connectivity index (χ3v) is 3.99. The molecule has 3 aliphatic heterocycles. The Morgan fingerprint density at radius 2 is 1.81 bits per heavy atom. The zero-order valence-corrected chi connectivity index (χ0v) is 10.8. The van der Waals surface area contributed by atoms with E-state index in [0.717, 1.165) is 16.8 Å². The van der Waals surface area contributed by atoms with Crippen LogP contribution in [0.1, 0.15) is 39.0 Å². The van der Waals surface area contributed by atoms with Crippen LogP contribution in [-0.2, 0) is 9.53 Å². The van der Waals surface area contributed by atoms with E-state index in [9.17, 15) is 4.79 Å². The number of fused-ring (bicyclic) bond motifs is 3. The van der Waals surface area contributed by atoms with E-state index >= 15 is 0 Å². The van der Waals surface area contributed by atoms with E-state index < -0.39 is 0 Å². The zero-order valence-electron chi connectivity index (χ0n) is 10.1. The lowest BCUT2D eigenvalue weighted by Crippen LogP contribution is -3.00. The Labute approximate surface area is 104 Å². The highest BCUT2D eigenvalue weighted by molar-refractivity contribution is 5.69. The molecular formula is C12H22ClNO2. The van der Waals surface area contributed by atoms with Gasteiger partial charge in [0, 0.05) is 6.42 Å². The van der Waals surface area contributed by atoms with Crippen LogP contribution in [0.4, 0.5) is 0 Å². The summed E-state index contributed by atoms with van der Waals surface area (Å²) in [5.74, 6) is 0.953. The third-order valence-electron chi connectivity index (χ3n) is 3.99. The van der Waals surface area contributed by atoms with Crippen LogP contribution < -0.4 is 12.4 Å². The molecule has 0 saturated carbocycles. The largest absolute Gasteiger partial charge is 1.00 e. The molecule has 0 aromatic carbocycles. The lowest BCUT2D eigenvalue weighted by molar-refractivity contribution is -0.957. The van der Waals surface area contributed by atoms with E-state index in [0.29, 0.717) is 13.2 Å². The summed E-state index contributed by atoms with van der Waals surface area (Å²) in [6.07, 6.45) is 5.48. The van der Waals surface area contributed by atoms with Crippen LogP contribution in [0.15, 0.2) is 0 Å². The minimum atomic E-state index is -0.0160. The van der Waals surface area contributed by atoms with Crippen LogP contribution in [-0.4, -0.2) is 36.8 Å². The Kier molecular flexibility index (Phi) is 5.06. The minimum absolute atomic E-state index is 0. The number of carbonyl (C=O) groups excluding carboxylic acids is 1. The number of halogens is 1. The molecule has 0 unspecified atom stereocenters. The average molecular weight is 248 g/mol. The molecule has 3 saturated heterocycles. The molecule has 0 spiro atoms. The summed E-state index contributed by atoms with van der Waals surface area (Å²) < 4.78 is 6.42. The van der Waals surface area contributed by atoms with Gasteiger partial charge < -0.3 is 17.1 Å². The highest BCUT2D eigenvalue weighted by Crippen LogP contribution is 2.33. The molecule has 0 aromatic rings. The van der Waals surface area contributed by atoms with Crippen molar-refractivity contribution in [3.05, 3.63) is 0 Å². The summed E-state index contributed by atoms with van der Waals surface area (Å²) in [7, 11) is 0. The number of piperidine rings is 3. The third kappa shape index (κ3) is 3.11. The highest BCUT2D eigenvalue weighted by Gasteiger charge is 2.40. The molecule has 3 nitrogen and oxygen atoms in total. The molecule has 0 atom stereocenters. The van der Waals surface area contributed by atoms with Crippen molar-refractivity contribution >= 4 is 5.97 Å². The number of esters is 1. The predicted octanol–water partition coefficient (Wildman–Crippen LogP) is -1.08. The van der Waals surface area contributed by atoms with Crippen molar-refractivity contribution in [1.29, 1.82) is 0 Å². The SMILES string of the molecule is CCCC(=O)OC[N+]12CCC(CC1)CC2.[Cl-]. The summed E-state index contributed by atoms with van der Waals surface area (Å²) in [6, 6.07) is 0. The number of ether oxygens (including phenoxy) is 1. The Balaban J connectivity index is 0.00000128. The van der Waals surface area contributed by atoms with Crippen molar-refractivity contribution in [2.45, 2.75) is 39.0 Å². The van der Waals surface area contributed by atoms with Crippen molar-refractivity contribution in [2.75, 3.05) is 26.4 Å². The average Bonchev–Trinajstić information content (AvgIpc) is 2.30. The summed E-state index contributed by atoms with van der Waals surface area (Å²) in [5, 5.41) is 0. The van der Waals surface area contributed by atoms with Gasteiger partial charge in [-0.1, -0.05) is 6.92 Å². The summed E-state index contributed by atoms with van der Waals surface area (Å²) in [4.78, 5) is 11.3. The van der Waals surface area contributed by atoms with E-state index in [1.165, 1.54) is 38.9 Å². The van der Waals surface area contributed by atoms with Crippen molar-refractivity contribution in [1.82, 2.24) is 0 Å². The first-order valence-electron chi connectivity index (χ1n) is 6.25. The van der Waals surface area contributed by atoms with Gasteiger partial charge in [-0.25, -0.2) is 0 Å². The van der Waals surface area contributed by atoms with Crippen LogP contribution in [0.2, 0.25) is 0 Å². The number of nitrogens with zero attached hydrogens (tertiary/aromatic N) is 1. The molecule has 94 valence electrons. The molecule has 3 rings (SSSR count). The van der Waals surface area contributed by atoms with Gasteiger partial charge in [-0.3, -0.25) is 9.28 Å². The summed E-state index contributed by atoms with van der Waals surface area (Å²) in [5.41, 5.74) is 0. The van der Waals surface area contributed by atoms with Gasteiger partial charge in [-0.2, -0.15) is 0 Å². The first-order valence-corrected chi connectivity index (χ1v) is 6.25. The van der Waals surface area contributed by atoms with Gasteiger partial charge in [-0.15, -0.1) is 0 Å². The Morgan fingerprint density at radius 1 is 1.25 bits per heavy atom. The van der Waals surface area contributed by atoms with Gasteiger partial charge in [0.15, 0.2) is 0 Å². The van der Waals surface area contributed by atoms with Gasteiger partial charge >= 0.3 is 5.97 Å². The van der Waals surface area contributed by atoms with Crippen LogP contribution >= 0.6 is 0 Å². The summed E-state index contributed by atoms with van der Waals surface area (Å²) in [6.45, 7) is 6.32. The lowest BCUT2D eigenvalue weighted by Gasteiger charge is -2.48. The topological polar surface area (TPSA) is 26.3 Å². The lowest BCUT2D eigenvalue weighted by atomic mass is 9.86. The fourth-order valence-electron chi connectivity index (χ4n) is 2.82. The Hall–Kier alpha value is -0.280. The number of carbonyl (C=O) groups is 1. The molecule has 0 amide bonds. The monoisotopic (exact) mass is 247 g/mol. The predicted molar refractivity (Wildman–Crippen MR) is 58.1 cm³/mol. The Morgan fingerprint density at radius 3 is 2.31 bits per heavy atom. The molecule has 3 heterocycles. The number of rotatable bonds is 4. The number of hydrogen-bond donors (Lipinski definition) is 0. The first-order chi connectivity index (χ1) is 7.24. The number of quaternary nitrogens is 1. The van der Waals surface area contributed by atoms with Crippen molar-refractivity contribution in [2.24, 2.45) is 5.92 Å². The summed E-state index contributed by atoms with van der Waals surface area (Å²) >= 11 is 0. The van der Waals surface area contributed by atoms with Crippen LogP contribution in [0, 0.1) is 5.92 Å². The fraction of sp³-hybridized carbons (Fsp3) is 0.917. The van der Waals surface area contributed by atoms with Gasteiger partial charge in [0.25, 0.3) is 0 Å². The maximum Gasteiger partial charge on any atom is 0.310 e. The van der Waals surface area contributed by atoms with E-state index in [1.54, 1.807) is 0 Å². The fourth-order valence-corrected chi connectivity index (χ4v) is 2.82. The van der Waals surface area contributed by atoms with Crippen LogP contribution in [0.5, 0.6) is 0 Å². The molecule has 3 fully saturated rings. The zero-order chi connectivity index (χ0) is 10.7. The molecular weight excluding hydrogens is 226 g/mol. The molecule has 16 heavy (non-hydrogen) atoms. The second-order valence-electron chi connectivity index (χ2n) is 5.14. The van der Waals surface area contributed by atoms with E-state index in [2.05, 4.69) is 0 Å². The van der Waals surface area contributed by atoms with Gasteiger partial charge in [-0.05, 0) is 31.6 Å². The Bertz CT molecular complexity index is 223. The van der Waals surface area contributed by atoms with Gasteiger partial charge in [0.1, 0.15) is 0 Å². The molecule has 4 heteroatoms. The second-order valence-corrected chi connectivity index (χ2v) is 5.14. The van der Waals surface area contributed by atoms with Crippen molar-refractivity contribution in [3.8, 4) is 0 Å². The molecule has 0 aliphatic carbocycles. The van der Waals surface area contributed by atoms with Crippen LogP contribution in [0.3, 0.4) is 0 Å². The molecule has 2 bridgehead atoms. The first kappa shape index (κ1) is 13.8. The standard InChI is InChI=1S/C12H22NO2.ClH/c1-2-3-12(14)15-10-13-7-4-11(5-8-13)6-9-13;/h11H,2-10H2,1H3;1H/q+1;/p-1. The minimum Gasteiger partial charge on any atom is -1.00 e. The molecule has 0 radical (unpaired) electrons. The smallest absolute Gasteiger partial charge is 0.310 e. The van der Waals surface area contributed by atoms with Crippen molar-refractivity contribution < 1.29 is 26.4 Å². The normalized spacial score (nSPS) is 31.9. The molecule has 0 aromatic heterocycles. The second kappa shape index (κ2) is 5.87. The highest BCUT2D eigenvalue weighted by atomic mass is 35.5. The van der Waals surface area contributed by atoms with Gasteiger partial charge in [0.2, 0.25) is 6.73 Å². The van der Waals surface area contributed by atoms with Crippen molar-refractivity contribution in [3.63, 3.8) is 0 Å². The maximum atomic E-state index is 11.3.